The van der Waals surface area contributed by atoms with Gasteiger partial charge in [0, 0.05) is 24.9 Å². The molecule has 31 heavy (non-hydrogen) atoms. The van der Waals surface area contributed by atoms with Crippen LogP contribution in [0, 0.1) is 25.2 Å². The molecule has 1 aliphatic carbocycles. The van der Waals surface area contributed by atoms with Crippen molar-refractivity contribution in [1.29, 1.82) is 5.26 Å². The fraction of sp³-hybridized carbons (Fsp3) is 0.619. The van der Waals surface area contributed by atoms with Crippen LogP contribution in [0.4, 0.5) is 10.9 Å². The normalized spacial score (nSPS) is 18.9. The molecule has 0 aromatic carbocycles. The van der Waals surface area contributed by atoms with E-state index in [0.717, 1.165) is 59.6 Å². The van der Waals surface area contributed by atoms with Crippen molar-refractivity contribution in [1.82, 2.24) is 14.8 Å². The van der Waals surface area contributed by atoms with E-state index >= 15 is 0 Å². The standard InChI is InChI=1S/C21H28N6O2S2/c1-13-14(2)27(15-6-3-4-7-15)19(17(13)10-22)24-18(28)12-30-21-26-25-20(31-21)23-11-16-8-5-9-29-16/h15-16H,3-9,11-12H2,1-2H3,(H,23,25)(H,24,28). The molecule has 2 N–H and O–H groups in total. The predicted molar refractivity (Wildman–Crippen MR) is 123 cm³/mol. The smallest absolute Gasteiger partial charge is 0.235 e. The molecule has 3 heterocycles. The number of carbonyl (C=O) groups excluding carboxylic acids is 1. The molecule has 1 aliphatic heterocycles. The minimum absolute atomic E-state index is 0.137. The highest BCUT2D eigenvalue weighted by molar-refractivity contribution is 8.01. The number of nitrogens with zero attached hydrogens (tertiary/aromatic N) is 4. The second-order valence-corrected chi connectivity index (χ2v) is 10.3. The van der Waals surface area contributed by atoms with Gasteiger partial charge in [-0.15, -0.1) is 10.2 Å². The molecular weight excluding hydrogens is 432 g/mol. The first-order chi connectivity index (χ1) is 15.1. The van der Waals surface area contributed by atoms with E-state index in [0.29, 0.717) is 17.4 Å². The van der Waals surface area contributed by atoms with Gasteiger partial charge >= 0.3 is 0 Å². The van der Waals surface area contributed by atoms with E-state index in [2.05, 4.69) is 31.5 Å². The Kier molecular flexibility index (Phi) is 7.15. The third-order valence-corrected chi connectivity index (χ3v) is 8.07. The van der Waals surface area contributed by atoms with Crippen molar-refractivity contribution in [2.24, 2.45) is 0 Å². The summed E-state index contributed by atoms with van der Waals surface area (Å²) in [5, 5.41) is 25.0. The van der Waals surface area contributed by atoms with Crippen molar-refractivity contribution in [2.45, 2.75) is 68.9 Å². The average Bonchev–Trinajstić information content (AvgIpc) is 3.55. The SMILES string of the molecule is Cc1c(C#N)c(NC(=O)CSc2nnc(NCC3CCCO3)s2)n(C2CCCC2)c1C. The molecule has 8 nitrogen and oxygen atoms in total. The van der Waals surface area contributed by atoms with E-state index < -0.39 is 0 Å². The molecule has 2 fully saturated rings. The van der Waals surface area contributed by atoms with Crippen LogP contribution in [0.1, 0.15) is 61.4 Å². The maximum absolute atomic E-state index is 12.7. The molecule has 2 aromatic rings. The first-order valence-electron chi connectivity index (χ1n) is 10.8. The van der Waals surface area contributed by atoms with Crippen LogP contribution >= 0.6 is 23.1 Å². The van der Waals surface area contributed by atoms with E-state index in [1.165, 1.54) is 35.9 Å². The molecule has 1 unspecified atom stereocenters. The summed E-state index contributed by atoms with van der Waals surface area (Å²) in [7, 11) is 0. The van der Waals surface area contributed by atoms with Crippen LogP contribution in [0.15, 0.2) is 4.34 Å². The average molecular weight is 461 g/mol. The van der Waals surface area contributed by atoms with Gasteiger partial charge in [-0.1, -0.05) is 35.9 Å². The number of hydrogen-bond donors (Lipinski definition) is 2. The topological polar surface area (TPSA) is 105 Å². The molecule has 1 amide bonds. The number of nitriles is 1. The summed E-state index contributed by atoms with van der Waals surface area (Å²) in [6.45, 7) is 5.55. The molecule has 4 rings (SSSR count). The van der Waals surface area contributed by atoms with Crippen LogP contribution < -0.4 is 10.6 Å². The Labute approximate surface area is 190 Å². The third kappa shape index (κ3) is 5.05. The molecule has 166 valence electrons. The number of hydrogen-bond acceptors (Lipinski definition) is 8. The predicted octanol–water partition coefficient (Wildman–Crippen LogP) is 4.26. The Bertz CT molecular complexity index is 967. The van der Waals surface area contributed by atoms with Gasteiger partial charge in [0.25, 0.3) is 0 Å². The van der Waals surface area contributed by atoms with Crippen molar-refractivity contribution in [3.05, 3.63) is 16.8 Å². The van der Waals surface area contributed by atoms with Gasteiger partial charge < -0.3 is 19.9 Å². The molecule has 1 saturated heterocycles. The van der Waals surface area contributed by atoms with Gasteiger partial charge in [0.1, 0.15) is 11.9 Å². The van der Waals surface area contributed by atoms with E-state index in [1.54, 1.807) is 0 Å². The van der Waals surface area contributed by atoms with Crippen LogP contribution in [0.3, 0.4) is 0 Å². The third-order valence-electron chi connectivity index (χ3n) is 6.05. The molecule has 2 aliphatic rings. The zero-order valence-electron chi connectivity index (χ0n) is 17.9. The Morgan fingerprint density at radius 2 is 2.10 bits per heavy atom. The van der Waals surface area contributed by atoms with Crippen molar-refractivity contribution >= 4 is 40.0 Å². The first kappa shape index (κ1) is 22.1. The summed E-state index contributed by atoms with van der Waals surface area (Å²) in [6, 6.07) is 2.64. The molecule has 0 bridgehead atoms. The monoisotopic (exact) mass is 460 g/mol. The second kappa shape index (κ2) is 10.0. The molecule has 1 saturated carbocycles. The zero-order valence-corrected chi connectivity index (χ0v) is 19.6. The summed E-state index contributed by atoms with van der Waals surface area (Å²) in [5.74, 6) is 0.729. The lowest BCUT2D eigenvalue weighted by atomic mass is 10.2. The molecular formula is C21H28N6O2S2. The number of anilines is 2. The number of thioether (sulfide) groups is 1. The van der Waals surface area contributed by atoms with Crippen LogP contribution in [0.25, 0.3) is 0 Å². The molecule has 0 radical (unpaired) electrons. The van der Waals surface area contributed by atoms with Gasteiger partial charge in [-0.25, -0.2) is 0 Å². The van der Waals surface area contributed by atoms with E-state index in [1.807, 2.05) is 13.8 Å². The second-order valence-electron chi connectivity index (χ2n) is 8.08. The molecule has 1 atom stereocenters. The quantitative estimate of drug-likeness (QED) is 0.567. The number of amides is 1. The van der Waals surface area contributed by atoms with Crippen molar-refractivity contribution in [3.8, 4) is 6.07 Å². The highest BCUT2D eigenvalue weighted by Crippen LogP contribution is 2.38. The van der Waals surface area contributed by atoms with Gasteiger partial charge in [0.15, 0.2) is 4.34 Å². The Morgan fingerprint density at radius 3 is 2.81 bits per heavy atom. The van der Waals surface area contributed by atoms with Crippen molar-refractivity contribution < 1.29 is 9.53 Å². The number of aromatic nitrogens is 3. The molecule has 2 aromatic heterocycles. The van der Waals surface area contributed by atoms with E-state index in [9.17, 15) is 10.1 Å². The Morgan fingerprint density at radius 1 is 1.29 bits per heavy atom. The van der Waals surface area contributed by atoms with Gasteiger partial charge in [-0.05, 0) is 45.1 Å². The summed E-state index contributed by atoms with van der Waals surface area (Å²) in [6.07, 6.45) is 6.96. The fourth-order valence-electron chi connectivity index (χ4n) is 4.35. The number of nitrogens with one attached hydrogen (secondary N) is 2. The van der Waals surface area contributed by atoms with Crippen LogP contribution in [0.2, 0.25) is 0 Å². The lowest BCUT2D eigenvalue weighted by Gasteiger charge is -2.19. The summed E-state index contributed by atoms with van der Waals surface area (Å²) >= 11 is 2.80. The first-order valence-corrected chi connectivity index (χ1v) is 12.6. The maximum atomic E-state index is 12.7. The maximum Gasteiger partial charge on any atom is 0.235 e. The fourth-order valence-corrected chi connectivity index (χ4v) is 5.91. The van der Waals surface area contributed by atoms with Crippen molar-refractivity contribution in [2.75, 3.05) is 29.5 Å². The van der Waals surface area contributed by atoms with Gasteiger partial charge in [0.05, 0.1) is 17.4 Å². The van der Waals surface area contributed by atoms with Gasteiger partial charge in [-0.2, -0.15) is 5.26 Å². The molecule has 0 spiro atoms. The minimum atomic E-state index is -0.137. The summed E-state index contributed by atoms with van der Waals surface area (Å²) < 4.78 is 8.51. The van der Waals surface area contributed by atoms with E-state index in [-0.39, 0.29) is 17.8 Å². The molecule has 10 heteroatoms. The lowest BCUT2D eigenvalue weighted by molar-refractivity contribution is -0.113. The zero-order chi connectivity index (χ0) is 21.8. The Hall–Kier alpha value is -2.09. The highest BCUT2D eigenvalue weighted by Gasteiger charge is 2.26. The van der Waals surface area contributed by atoms with Gasteiger partial charge in [-0.3, -0.25) is 4.79 Å². The highest BCUT2D eigenvalue weighted by atomic mass is 32.2. The summed E-state index contributed by atoms with van der Waals surface area (Å²) in [4.78, 5) is 12.7. The summed E-state index contributed by atoms with van der Waals surface area (Å²) in [5.41, 5.74) is 2.58. The van der Waals surface area contributed by atoms with Crippen molar-refractivity contribution in [3.63, 3.8) is 0 Å². The number of rotatable bonds is 8. The minimum Gasteiger partial charge on any atom is -0.376 e. The largest absolute Gasteiger partial charge is 0.376 e. The van der Waals surface area contributed by atoms with Crippen LogP contribution in [-0.2, 0) is 9.53 Å². The van der Waals surface area contributed by atoms with Gasteiger partial charge in [0.2, 0.25) is 11.0 Å². The number of ether oxygens (including phenoxy) is 1. The number of carbonyl (C=O) groups is 1. The van der Waals surface area contributed by atoms with Crippen LogP contribution in [0.5, 0.6) is 0 Å². The van der Waals surface area contributed by atoms with E-state index in [4.69, 9.17) is 4.74 Å². The lowest BCUT2D eigenvalue weighted by Crippen LogP contribution is -2.19. The Balaban J connectivity index is 1.36. The van der Waals surface area contributed by atoms with Crippen LogP contribution in [-0.4, -0.2) is 45.7 Å².